The Kier molecular flexibility index (Phi) is 18.0. The van der Waals surface area contributed by atoms with E-state index in [-0.39, 0.29) is 6.61 Å². The summed E-state index contributed by atoms with van der Waals surface area (Å²) in [5.74, 6) is 0.604. The first-order valence-electron chi connectivity index (χ1n) is 12.7. The number of aliphatic hydroxyl groups is 1. The topological polar surface area (TPSA) is 20.2 Å². The molecule has 0 aromatic heterocycles. The van der Waals surface area contributed by atoms with E-state index < -0.39 is 0 Å². The quantitative estimate of drug-likeness (QED) is 0.237. The molecule has 1 atom stereocenters. The minimum Gasteiger partial charge on any atom is -0.392 e. The molecule has 0 spiro atoms. The van der Waals surface area contributed by atoms with Crippen LogP contribution in [0.1, 0.15) is 113 Å². The maximum absolute atomic E-state index is 8.92. The highest BCUT2D eigenvalue weighted by molar-refractivity contribution is 5.10. The molecule has 1 nitrogen and oxygen atoms in total. The van der Waals surface area contributed by atoms with Gasteiger partial charge in [-0.25, -0.2) is 0 Å². The predicted molar refractivity (Wildman–Crippen MR) is 146 cm³/mol. The van der Waals surface area contributed by atoms with Crippen molar-refractivity contribution in [2.45, 2.75) is 113 Å². The molecule has 0 rings (SSSR count). The fraction of sp³-hybridized carbons (Fsp3) is 0.613. The van der Waals surface area contributed by atoms with Crippen molar-refractivity contribution < 1.29 is 5.11 Å². The fourth-order valence-corrected chi connectivity index (χ4v) is 3.91. The lowest BCUT2D eigenvalue weighted by molar-refractivity contribution is 0.341. The molecular formula is C31H52O. The first kappa shape index (κ1) is 30.4. The summed E-state index contributed by atoms with van der Waals surface area (Å²) < 4.78 is 0. The predicted octanol–water partition coefficient (Wildman–Crippen LogP) is 9.82. The van der Waals surface area contributed by atoms with Gasteiger partial charge in [0, 0.05) is 0 Å². The zero-order valence-electron chi connectivity index (χ0n) is 22.6. The molecular weight excluding hydrogens is 388 g/mol. The van der Waals surface area contributed by atoms with Crippen LogP contribution in [0.5, 0.6) is 0 Å². The Balaban J connectivity index is 4.29. The second-order valence-corrected chi connectivity index (χ2v) is 10.0. The number of hydrogen-bond donors (Lipinski definition) is 1. The molecule has 0 aliphatic rings. The van der Waals surface area contributed by atoms with Crippen LogP contribution < -0.4 is 0 Å². The van der Waals surface area contributed by atoms with Crippen molar-refractivity contribution in [3.63, 3.8) is 0 Å². The largest absolute Gasteiger partial charge is 0.392 e. The molecule has 0 saturated carbocycles. The van der Waals surface area contributed by atoms with Gasteiger partial charge in [-0.15, -0.1) is 0 Å². The lowest BCUT2D eigenvalue weighted by Crippen LogP contribution is -1.93. The van der Waals surface area contributed by atoms with Gasteiger partial charge in [0.15, 0.2) is 0 Å². The SMILES string of the molecule is CC(C)=CCC/C(C)=C/CC/C(C)=C/C(C)C/C(C)=C/CC/C(C)=C/CC/C(C)=C/CO. The Morgan fingerprint density at radius 2 is 0.969 bits per heavy atom. The summed E-state index contributed by atoms with van der Waals surface area (Å²) in [5.41, 5.74) is 8.70. The highest BCUT2D eigenvalue weighted by Gasteiger charge is 2.01. The summed E-state index contributed by atoms with van der Waals surface area (Å²) in [5, 5.41) is 8.92. The van der Waals surface area contributed by atoms with Gasteiger partial charge >= 0.3 is 0 Å². The Bertz CT molecular complexity index is 690. The van der Waals surface area contributed by atoms with E-state index in [0.29, 0.717) is 5.92 Å². The third-order valence-corrected chi connectivity index (χ3v) is 5.84. The zero-order valence-corrected chi connectivity index (χ0v) is 22.6. The van der Waals surface area contributed by atoms with Crippen LogP contribution in [-0.4, -0.2) is 11.7 Å². The van der Waals surface area contributed by atoms with Crippen LogP contribution in [0, 0.1) is 5.92 Å². The molecule has 0 aromatic carbocycles. The van der Waals surface area contributed by atoms with Crippen LogP contribution >= 0.6 is 0 Å². The van der Waals surface area contributed by atoms with Crippen molar-refractivity contribution in [3.05, 3.63) is 69.9 Å². The van der Waals surface area contributed by atoms with Gasteiger partial charge in [-0.3, -0.25) is 0 Å². The molecule has 0 radical (unpaired) electrons. The van der Waals surface area contributed by atoms with E-state index in [1.54, 1.807) is 0 Å². The van der Waals surface area contributed by atoms with Crippen molar-refractivity contribution in [1.82, 2.24) is 0 Å². The van der Waals surface area contributed by atoms with Crippen molar-refractivity contribution in [2.75, 3.05) is 6.61 Å². The van der Waals surface area contributed by atoms with E-state index >= 15 is 0 Å². The fourth-order valence-electron chi connectivity index (χ4n) is 3.91. The highest BCUT2D eigenvalue weighted by Crippen LogP contribution is 2.19. The summed E-state index contributed by atoms with van der Waals surface area (Å²) in [4.78, 5) is 0. The van der Waals surface area contributed by atoms with Gasteiger partial charge < -0.3 is 5.11 Å². The number of aliphatic hydroxyl groups excluding tert-OH is 1. The lowest BCUT2D eigenvalue weighted by atomic mass is 9.97. The van der Waals surface area contributed by atoms with Crippen LogP contribution in [0.2, 0.25) is 0 Å². The first-order chi connectivity index (χ1) is 15.1. The normalized spacial score (nSPS) is 15.2. The molecule has 0 amide bonds. The summed E-state index contributed by atoms with van der Waals surface area (Å²) >= 11 is 0. The minimum atomic E-state index is 0.152. The van der Waals surface area contributed by atoms with E-state index in [9.17, 15) is 0 Å². The van der Waals surface area contributed by atoms with Crippen molar-refractivity contribution in [3.8, 4) is 0 Å². The number of rotatable bonds is 16. The molecule has 1 heteroatoms. The number of hydrogen-bond acceptors (Lipinski definition) is 1. The third-order valence-electron chi connectivity index (χ3n) is 5.84. The molecule has 182 valence electrons. The van der Waals surface area contributed by atoms with Crippen molar-refractivity contribution in [1.29, 1.82) is 0 Å². The average molecular weight is 441 g/mol. The monoisotopic (exact) mass is 440 g/mol. The first-order valence-corrected chi connectivity index (χ1v) is 12.7. The molecule has 32 heavy (non-hydrogen) atoms. The van der Waals surface area contributed by atoms with Gasteiger partial charge in [0.1, 0.15) is 0 Å². The molecule has 1 unspecified atom stereocenters. The molecule has 0 aromatic rings. The molecule has 1 N–H and O–H groups in total. The Morgan fingerprint density at radius 3 is 1.44 bits per heavy atom. The van der Waals surface area contributed by atoms with Gasteiger partial charge in [0.25, 0.3) is 0 Å². The molecule has 0 aliphatic heterocycles. The zero-order chi connectivity index (χ0) is 24.4. The summed E-state index contributed by atoms with van der Waals surface area (Å²) in [6.45, 7) is 18.0. The van der Waals surface area contributed by atoms with Gasteiger partial charge in [0.2, 0.25) is 0 Å². The second kappa shape index (κ2) is 18.9. The molecule has 0 saturated heterocycles. The Labute approximate surface area is 200 Å². The van der Waals surface area contributed by atoms with E-state index in [2.05, 4.69) is 85.8 Å². The van der Waals surface area contributed by atoms with Crippen LogP contribution in [0.4, 0.5) is 0 Å². The van der Waals surface area contributed by atoms with E-state index in [4.69, 9.17) is 5.11 Å². The van der Waals surface area contributed by atoms with Crippen LogP contribution in [0.25, 0.3) is 0 Å². The van der Waals surface area contributed by atoms with E-state index in [0.717, 1.165) is 38.5 Å². The van der Waals surface area contributed by atoms with E-state index in [1.807, 2.05) is 6.08 Å². The average Bonchev–Trinajstić information content (AvgIpc) is 2.67. The maximum Gasteiger partial charge on any atom is 0.0614 e. The molecule has 0 fully saturated rings. The maximum atomic E-state index is 8.92. The highest BCUT2D eigenvalue weighted by atomic mass is 16.2. The molecule has 0 aliphatic carbocycles. The van der Waals surface area contributed by atoms with Gasteiger partial charge in [0.05, 0.1) is 6.61 Å². The standard InChI is InChI=1S/C31H52O/c1-25(2)13-9-14-26(3)16-11-19-29(6)23-31(8)24-30(7)20-12-17-27(4)15-10-18-28(5)21-22-32/h13,15-16,20-21,23,31-32H,9-12,14,17-19,22,24H2,1-8H3/b26-16+,27-15+,28-21+,29-23+,30-20+. The van der Waals surface area contributed by atoms with Crippen LogP contribution in [0.15, 0.2) is 69.9 Å². The molecule has 0 heterocycles. The second-order valence-electron chi connectivity index (χ2n) is 10.0. The van der Waals surface area contributed by atoms with Crippen molar-refractivity contribution in [2.24, 2.45) is 5.92 Å². The Hall–Kier alpha value is -1.60. The van der Waals surface area contributed by atoms with Gasteiger partial charge in [-0.05, 0) is 112 Å². The minimum absolute atomic E-state index is 0.152. The van der Waals surface area contributed by atoms with Gasteiger partial charge in [-0.2, -0.15) is 0 Å². The van der Waals surface area contributed by atoms with Gasteiger partial charge in [-0.1, -0.05) is 76.8 Å². The summed E-state index contributed by atoms with van der Waals surface area (Å²) in [7, 11) is 0. The molecule has 0 bridgehead atoms. The van der Waals surface area contributed by atoms with Crippen LogP contribution in [0.3, 0.4) is 0 Å². The Morgan fingerprint density at radius 1 is 0.562 bits per heavy atom. The van der Waals surface area contributed by atoms with Crippen LogP contribution in [-0.2, 0) is 0 Å². The summed E-state index contributed by atoms with van der Waals surface area (Å²) in [6, 6.07) is 0. The summed E-state index contributed by atoms with van der Waals surface area (Å²) in [6.07, 6.45) is 24.1. The van der Waals surface area contributed by atoms with E-state index in [1.165, 1.54) is 52.7 Å². The smallest absolute Gasteiger partial charge is 0.0614 e. The van der Waals surface area contributed by atoms with Crippen molar-refractivity contribution >= 4 is 0 Å². The lowest BCUT2D eigenvalue weighted by Gasteiger charge is -2.10. The number of allylic oxidation sites excluding steroid dienone is 11. The third kappa shape index (κ3) is 19.1.